The van der Waals surface area contributed by atoms with E-state index < -0.39 is 11.7 Å². The van der Waals surface area contributed by atoms with Gasteiger partial charge in [-0.15, -0.1) is 0 Å². The number of hydrogen-bond donors (Lipinski definition) is 0. The van der Waals surface area contributed by atoms with E-state index in [1.54, 1.807) is 13.0 Å². The van der Waals surface area contributed by atoms with Gasteiger partial charge in [-0.05, 0) is 44.5 Å². The van der Waals surface area contributed by atoms with Crippen LogP contribution >= 0.6 is 0 Å². The predicted octanol–water partition coefficient (Wildman–Crippen LogP) is 3.86. The zero-order valence-electron chi connectivity index (χ0n) is 9.73. The van der Waals surface area contributed by atoms with E-state index in [1.807, 2.05) is 18.7 Å². The molecular weight excluding hydrogens is 215 g/mol. The maximum Gasteiger partial charge on any atom is 0.416 e. The highest BCUT2D eigenvalue weighted by Crippen LogP contribution is 2.32. The van der Waals surface area contributed by atoms with Crippen molar-refractivity contribution >= 4 is 5.69 Å². The van der Waals surface area contributed by atoms with Crippen molar-refractivity contribution in [3.8, 4) is 0 Å². The number of hydrogen-bond acceptors (Lipinski definition) is 1. The normalized spacial score (nSPS) is 11.6. The summed E-state index contributed by atoms with van der Waals surface area (Å²) in [7, 11) is 0. The lowest BCUT2D eigenvalue weighted by Crippen LogP contribution is -2.23. The SMILES string of the molecule is CCN(CC)c1ccc(C(F)(F)F)cc1C. The molecule has 16 heavy (non-hydrogen) atoms. The smallest absolute Gasteiger partial charge is 0.372 e. The summed E-state index contributed by atoms with van der Waals surface area (Å²) in [6.45, 7) is 7.27. The van der Waals surface area contributed by atoms with Crippen molar-refractivity contribution in [2.75, 3.05) is 18.0 Å². The fourth-order valence-electron chi connectivity index (χ4n) is 1.75. The molecule has 0 aliphatic heterocycles. The Morgan fingerprint density at radius 3 is 2.06 bits per heavy atom. The molecule has 0 unspecified atom stereocenters. The van der Waals surface area contributed by atoms with Gasteiger partial charge in [0.25, 0.3) is 0 Å². The van der Waals surface area contributed by atoms with Crippen LogP contribution in [0.1, 0.15) is 25.0 Å². The van der Waals surface area contributed by atoms with Crippen LogP contribution in [0.4, 0.5) is 18.9 Å². The summed E-state index contributed by atoms with van der Waals surface area (Å²) in [5, 5.41) is 0. The minimum atomic E-state index is -4.26. The summed E-state index contributed by atoms with van der Waals surface area (Å²) in [6.07, 6.45) is -4.26. The summed E-state index contributed by atoms with van der Waals surface area (Å²) >= 11 is 0. The maximum absolute atomic E-state index is 12.5. The fourth-order valence-corrected chi connectivity index (χ4v) is 1.75. The Morgan fingerprint density at radius 1 is 1.12 bits per heavy atom. The molecule has 1 rings (SSSR count). The third-order valence-electron chi connectivity index (χ3n) is 2.63. The van der Waals surface area contributed by atoms with Gasteiger partial charge < -0.3 is 4.90 Å². The Balaban J connectivity index is 3.09. The van der Waals surface area contributed by atoms with Gasteiger partial charge in [0.05, 0.1) is 5.56 Å². The van der Waals surface area contributed by atoms with E-state index in [9.17, 15) is 13.2 Å². The highest BCUT2D eigenvalue weighted by atomic mass is 19.4. The van der Waals surface area contributed by atoms with Crippen LogP contribution in [-0.2, 0) is 6.18 Å². The van der Waals surface area contributed by atoms with Crippen LogP contribution in [-0.4, -0.2) is 13.1 Å². The van der Waals surface area contributed by atoms with Crippen LogP contribution < -0.4 is 4.90 Å². The van der Waals surface area contributed by atoms with E-state index in [4.69, 9.17) is 0 Å². The van der Waals surface area contributed by atoms with Crippen LogP contribution in [0, 0.1) is 6.92 Å². The van der Waals surface area contributed by atoms with Crippen LogP contribution in [0.15, 0.2) is 18.2 Å². The van der Waals surface area contributed by atoms with E-state index in [1.165, 1.54) is 6.07 Å². The molecule has 0 bridgehead atoms. The average molecular weight is 231 g/mol. The summed E-state index contributed by atoms with van der Waals surface area (Å²) in [4.78, 5) is 2.04. The van der Waals surface area contributed by atoms with Gasteiger partial charge in [0, 0.05) is 18.8 Å². The predicted molar refractivity (Wildman–Crippen MR) is 59.7 cm³/mol. The molecule has 90 valence electrons. The Hall–Kier alpha value is -1.19. The van der Waals surface area contributed by atoms with Crippen molar-refractivity contribution in [3.05, 3.63) is 29.3 Å². The van der Waals surface area contributed by atoms with Crippen molar-refractivity contribution in [2.24, 2.45) is 0 Å². The quantitative estimate of drug-likeness (QED) is 0.763. The first-order valence-corrected chi connectivity index (χ1v) is 5.33. The third kappa shape index (κ3) is 2.68. The van der Waals surface area contributed by atoms with Gasteiger partial charge in [0.15, 0.2) is 0 Å². The van der Waals surface area contributed by atoms with E-state index >= 15 is 0 Å². The molecule has 0 aromatic heterocycles. The van der Waals surface area contributed by atoms with Gasteiger partial charge in [-0.25, -0.2) is 0 Å². The largest absolute Gasteiger partial charge is 0.416 e. The molecule has 4 heteroatoms. The number of aryl methyl sites for hydroxylation is 1. The first-order chi connectivity index (χ1) is 7.40. The lowest BCUT2D eigenvalue weighted by Gasteiger charge is -2.23. The Kier molecular flexibility index (Phi) is 3.83. The number of halogens is 3. The molecule has 0 heterocycles. The summed E-state index contributed by atoms with van der Waals surface area (Å²) in [5.41, 5.74) is 0.956. The molecule has 1 aromatic rings. The van der Waals surface area contributed by atoms with Crippen molar-refractivity contribution in [2.45, 2.75) is 26.9 Å². The highest BCUT2D eigenvalue weighted by molar-refractivity contribution is 5.54. The molecule has 0 amide bonds. The first kappa shape index (κ1) is 12.9. The topological polar surface area (TPSA) is 3.24 Å². The molecule has 0 N–H and O–H groups in total. The minimum Gasteiger partial charge on any atom is -0.372 e. The van der Waals surface area contributed by atoms with Crippen LogP contribution in [0.3, 0.4) is 0 Å². The average Bonchev–Trinajstić information content (AvgIpc) is 2.20. The van der Waals surface area contributed by atoms with Crippen LogP contribution in [0.2, 0.25) is 0 Å². The molecule has 0 aliphatic carbocycles. The summed E-state index contributed by atoms with van der Waals surface area (Å²) < 4.78 is 37.4. The second kappa shape index (κ2) is 4.76. The van der Waals surface area contributed by atoms with Gasteiger partial charge in [0.1, 0.15) is 0 Å². The maximum atomic E-state index is 12.5. The molecule has 0 atom stereocenters. The number of nitrogens with zero attached hydrogens (tertiary/aromatic N) is 1. The third-order valence-corrected chi connectivity index (χ3v) is 2.63. The monoisotopic (exact) mass is 231 g/mol. The van der Waals surface area contributed by atoms with Crippen molar-refractivity contribution in [1.82, 2.24) is 0 Å². The number of anilines is 1. The Labute approximate surface area is 93.9 Å². The molecule has 0 saturated heterocycles. The molecule has 0 radical (unpaired) electrons. The van der Waals surface area contributed by atoms with Crippen LogP contribution in [0.5, 0.6) is 0 Å². The Morgan fingerprint density at radius 2 is 1.69 bits per heavy atom. The lowest BCUT2D eigenvalue weighted by molar-refractivity contribution is -0.137. The zero-order valence-corrected chi connectivity index (χ0v) is 9.73. The molecule has 0 saturated carbocycles. The standard InChI is InChI=1S/C12H16F3N/c1-4-16(5-2)11-7-6-10(8-9(11)3)12(13,14)15/h6-8H,4-5H2,1-3H3. The lowest BCUT2D eigenvalue weighted by atomic mass is 10.1. The van der Waals surface area contributed by atoms with Gasteiger partial charge in [-0.2, -0.15) is 13.2 Å². The van der Waals surface area contributed by atoms with E-state index in [-0.39, 0.29) is 0 Å². The van der Waals surface area contributed by atoms with Crippen LogP contribution in [0.25, 0.3) is 0 Å². The number of alkyl halides is 3. The second-order valence-electron chi connectivity index (χ2n) is 3.67. The molecule has 0 fully saturated rings. The van der Waals surface area contributed by atoms with Gasteiger partial charge >= 0.3 is 6.18 Å². The molecule has 0 spiro atoms. The Bertz CT molecular complexity index is 354. The number of benzene rings is 1. The zero-order chi connectivity index (χ0) is 12.3. The molecule has 1 aromatic carbocycles. The van der Waals surface area contributed by atoms with Crippen molar-refractivity contribution in [1.29, 1.82) is 0 Å². The summed E-state index contributed by atoms with van der Waals surface area (Å²) in [6, 6.07) is 3.89. The van der Waals surface area contributed by atoms with E-state index in [0.717, 1.165) is 24.8 Å². The highest BCUT2D eigenvalue weighted by Gasteiger charge is 2.30. The summed E-state index contributed by atoms with van der Waals surface area (Å²) in [5.74, 6) is 0. The first-order valence-electron chi connectivity index (χ1n) is 5.33. The molecule has 0 aliphatic rings. The second-order valence-corrected chi connectivity index (χ2v) is 3.67. The molecule has 1 nitrogen and oxygen atoms in total. The van der Waals surface area contributed by atoms with Gasteiger partial charge in [-0.1, -0.05) is 0 Å². The fraction of sp³-hybridized carbons (Fsp3) is 0.500. The minimum absolute atomic E-state index is 0.582. The van der Waals surface area contributed by atoms with Gasteiger partial charge in [0.2, 0.25) is 0 Å². The van der Waals surface area contributed by atoms with Gasteiger partial charge in [-0.3, -0.25) is 0 Å². The van der Waals surface area contributed by atoms with Crippen molar-refractivity contribution in [3.63, 3.8) is 0 Å². The molecular formula is C12H16F3N. The number of rotatable bonds is 3. The van der Waals surface area contributed by atoms with E-state index in [2.05, 4.69) is 0 Å². The van der Waals surface area contributed by atoms with Crippen molar-refractivity contribution < 1.29 is 13.2 Å². The van der Waals surface area contributed by atoms with E-state index in [0.29, 0.717) is 5.56 Å².